The Labute approximate surface area is 168 Å². The van der Waals surface area contributed by atoms with Crippen LogP contribution in [0.5, 0.6) is 0 Å². The van der Waals surface area contributed by atoms with Crippen LogP contribution in [0.4, 0.5) is 15.8 Å². The first kappa shape index (κ1) is 18.9. The average molecular weight is 404 g/mol. The Balaban J connectivity index is 1.83. The number of carbonyl (C=O) groups is 1. The smallest absolute Gasteiger partial charge is 0.306 e. The van der Waals surface area contributed by atoms with Crippen LogP contribution in [0.3, 0.4) is 0 Å². The molecule has 1 aromatic heterocycles. The van der Waals surface area contributed by atoms with Gasteiger partial charge in [0.1, 0.15) is 0 Å². The molecule has 4 rings (SSSR count). The number of rotatable bonds is 4. The SMILES string of the molecule is O=C(Nc1ccc(F)c([N+](=O)[O-])c1)c1nn(-c2ccccc2)c(=O)c2ccccc12. The lowest BCUT2D eigenvalue weighted by atomic mass is 10.1. The van der Waals surface area contributed by atoms with Gasteiger partial charge in [0, 0.05) is 17.1 Å². The summed E-state index contributed by atoms with van der Waals surface area (Å²) in [6, 6.07) is 18.1. The van der Waals surface area contributed by atoms with E-state index < -0.39 is 27.9 Å². The third-order valence-electron chi connectivity index (χ3n) is 4.42. The van der Waals surface area contributed by atoms with Crippen molar-refractivity contribution in [2.24, 2.45) is 0 Å². The van der Waals surface area contributed by atoms with Crippen molar-refractivity contribution < 1.29 is 14.1 Å². The van der Waals surface area contributed by atoms with E-state index in [-0.39, 0.29) is 16.8 Å². The molecule has 1 heterocycles. The number of halogens is 1. The number of carbonyl (C=O) groups excluding carboxylic acids is 1. The molecule has 0 aliphatic carbocycles. The number of nitro benzene ring substituents is 1. The highest BCUT2D eigenvalue weighted by molar-refractivity contribution is 6.11. The minimum absolute atomic E-state index is 0.0245. The van der Waals surface area contributed by atoms with Crippen molar-refractivity contribution in [3.05, 3.63) is 105 Å². The Morgan fingerprint density at radius 2 is 1.67 bits per heavy atom. The van der Waals surface area contributed by atoms with Gasteiger partial charge in [0.2, 0.25) is 5.82 Å². The van der Waals surface area contributed by atoms with E-state index >= 15 is 0 Å². The zero-order chi connectivity index (χ0) is 21.3. The molecule has 1 amide bonds. The number of benzene rings is 3. The van der Waals surface area contributed by atoms with Crippen molar-refractivity contribution in [2.75, 3.05) is 5.32 Å². The Morgan fingerprint density at radius 3 is 2.37 bits per heavy atom. The number of nitro groups is 1. The Hall–Kier alpha value is -4.40. The van der Waals surface area contributed by atoms with Gasteiger partial charge >= 0.3 is 5.69 Å². The normalized spacial score (nSPS) is 10.7. The summed E-state index contributed by atoms with van der Waals surface area (Å²) < 4.78 is 14.7. The van der Waals surface area contributed by atoms with Crippen molar-refractivity contribution in [2.45, 2.75) is 0 Å². The van der Waals surface area contributed by atoms with Crippen molar-refractivity contribution >= 4 is 28.1 Å². The molecule has 0 saturated heterocycles. The maximum absolute atomic E-state index is 13.6. The Kier molecular flexibility index (Phi) is 4.77. The maximum atomic E-state index is 13.6. The van der Waals surface area contributed by atoms with Crippen LogP contribution in [0, 0.1) is 15.9 Å². The summed E-state index contributed by atoms with van der Waals surface area (Å²) in [7, 11) is 0. The molecule has 9 heteroatoms. The number of hydrogen-bond acceptors (Lipinski definition) is 5. The van der Waals surface area contributed by atoms with Crippen LogP contribution in [0.15, 0.2) is 77.6 Å². The molecule has 8 nitrogen and oxygen atoms in total. The van der Waals surface area contributed by atoms with Crippen LogP contribution in [0.25, 0.3) is 16.5 Å². The van der Waals surface area contributed by atoms with Gasteiger partial charge in [-0.15, -0.1) is 0 Å². The number of amides is 1. The van der Waals surface area contributed by atoms with Crippen LogP contribution in [0.2, 0.25) is 0 Å². The van der Waals surface area contributed by atoms with Gasteiger partial charge in [-0.2, -0.15) is 14.2 Å². The molecule has 0 fully saturated rings. The van der Waals surface area contributed by atoms with Gasteiger partial charge in [0.25, 0.3) is 11.5 Å². The van der Waals surface area contributed by atoms with Crippen LogP contribution in [-0.2, 0) is 0 Å². The summed E-state index contributed by atoms with van der Waals surface area (Å²) in [5, 5.41) is 18.3. The third-order valence-corrected chi connectivity index (χ3v) is 4.42. The van der Waals surface area contributed by atoms with Crippen LogP contribution >= 0.6 is 0 Å². The van der Waals surface area contributed by atoms with E-state index in [1.165, 1.54) is 6.07 Å². The van der Waals surface area contributed by atoms with E-state index in [1.807, 2.05) is 0 Å². The van der Waals surface area contributed by atoms with Gasteiger partial charge < -0.3 is 5.32 Å². The molecule has 148 valence electrons. The minimum atomic E-state index is -1.01. The molecular weight excluding hydrogens is 391 g/mol. The quantitative estimate of drug-likeness (QED) is 0.412. The number of nitrogens with one attached hydrogen (secondary N) is 1. The summed E-state index contributed by atoms with van der Waals surface area (Å²) in [4.78, 5) is 35.9. The minimum Gasteiger partial charge on any atom is -0.320 e. The monoisotopic (exact) mass is 404 g/mol. The molecular formula is C21H13FN4O4. The number of hydrogen-bond donors (Lipinski definition) is 1. The van der Waals surface area contributed by atoms with E-state index in [2.05, 4.69) is 10.4 Å². The fraction of sp³-hybridized carbons (Fsp3) is 0. The summed E-state index contributed by atoms with van der Waals surface area (Å²) >= 11 is 0. The first-order chi connectivity index (χ1) is 14.5. The predicted molar refractivity (Wildman–Crippen MR) is 108 cm³/mol. The molecule has 3 aromatic carbocycles. The van der Waals surface area contributed by atoms with E-state index in [1.54, 1.807) is 54.6 Å². The van der Waals surface area contributed by atoms with Gasteiger partial charge in [-0.05, 0) is 30.3 Å². The molecule has 0 radical (unpaired) electrons. The average Bonchev–Trinajstić information content (AvgIpc) is 2.76. The van der Waals surface area contributed by atoms with Gasteiger partial charge in [-0.25, -0.2) is 0 Å². The van der Waals surface area contributed by atoms with E-state index in [0.717, 1.165) is 16.8 Å². The number of anilines is 1. The molecule has 0 saturated carbocycles. The molecule has 0 unspecified atom stereocenters. The molecule has 0 aliphatic heterocycles. The first-order valence-corrected chi connectivity index (χ1v) is 8.78. The van der Waals surface area contributed by atoms with Crippen molar-refractivity contribution in [1.29, 1.82) is 0 Å². The summed E-state index contributed by atoms with van der Waals surface area (Å²) in [5.74, 6) is -1.71. The molecule has 0 bridgehead atoms. The number of aromatic nitrogens is 2. The van der Waals surface area contributed by atoms with E-state index in [4.69, 9.17) is 0 Å². The van der Waals surface area contributed by atoms with Gasteiger partial charge in [0.05, 0.1) is 16.0 Å². The molecule has 1 N–H and O–H groups in total. The summed E-state index contributed by atoms with van der Waals surface area (Å²) in [6.07, 6.45) is 0. The first-order valence-electron chi connectivity index (χ1n) is 8.78. The Morgan fingerprint density at radius 1 is 1.00 bits per heavy atom. The highest BCUT2D eigenvalue weighted by Gasteiger charge is 2.20. The second-order valence-corrected chi connectivity index (χ2v) is 6.32. The van der Waals surface area contributed by atoms with Crippen LogP contribution in [-0.4, -0.2) is 20.6 Å². The zero-order valence-electron chi connectivity index (χ0n) is 15.3. The number of fused-ring (bicyclic) bond motifs is 1. The molecule has 0 spiro atoms. The lowest BCUT2D eigenvalue weighted by Crippen LogP contribution is -2.26. The highest BCUT2D eigenvalue weighted by Crippen LogP contribution is 2.23. The molecule has 30 heavy (non-hydrogen) atoms. The zero-order valence-corrected chi connectivity index (χ0v) is 15.3. The summed E-state index contributed by atoms with van der Waals surface area (Å²) in [6.45, 7) is 0. The van der Waals surface area contributed by atoms with Gasteiger partial charge in [0.15, 0.2) is 5.69 Å². The predicted octanol–water partition coefficient (Wildman–Crippen LogP) is 3.69. The summed E-state index contributed by atoms with van der Waals surface area (Å²) in [5.41, 5.74) is -0.720. The highest BCUT2D eigenvalue weighted by atomic mass is 19.1. The van der Waals surface area contributed by atoms with Crippen LogP contribution < -0.4 is 10.9 Å². The fourth-order valence-corrected chi connectivity index (χ4v) is 3.02. The molecule has 0 aliphatic rings. The molecule has 0 atom stereocenters. The second kappa shape index (κ2) is 7.55. The maximum Gasteiger partial charge on any atom is 0.306 e. The third kappa shape index (κ3) is 3.39. The lowest BCUT2D eigenvalue weighted by molar-refractivity contribution is -0.387. The molecule has 4 aromatic rings. The van der Waals surface area contributed by atoms with E-state index in [9.17, 15) is 24.1 Å². The van der Waals surface area contributed by atoms with Gasteiger partial charge in [-0.1, -0.05) is 36.4 Å². The van der Waals surface area contributed by atoms with Gasteiger partial charge in [-0.3, -0.25) is 19.7 Å². The lowest BCUT2D eigenvalue weighted by Gasteiger charge is -2.11. The standard InChI is InChI=1S/C21H13FN4O4/c22-17-11-10-13(12-18(17)26(29)30)23-20(27)19-15-8-4-5-9-16(15)21(28)25(24-19)14-6-2-1-3-7-14/h1-12H,(H,23,27). The van der Waals surface area contributed by atoms with Crippen LogP contribution in [0.1, 0.15) is 10.5 Å². The topological polar surface area (TPSA) is 107 Å². The number of para-hydroxylation sites is 1. The van der Waals surface area contributed by atoms with Crippen molar-refractivity contribution in [3.63, 3.8) is 0 Å². The Bertz CT molecular complexity index is 1350. The largest absolute Gasteiger partial charge is 0.320 e. The number of nitrogens with zero attached hydrogens (tertiary/aromatic N) is 3. The van der Waals surface area contributed by atoms with Crippen molar-refractivity contribution in [1.82, 2.24) is 9.78 Å². The fourth-order valence-electron chi connectivity index (χ4n) is 3.02. The van der Waals surface area contributed by atoms with E-state index in [0.29, 0.717) is 11.1 Å². The van der Waals surface area contributed by atoms with Crippen molar-refractivity contribution in [3.8, 4) is 5.69 Å². The second-order valence-electron chi connectivity index (χ2n) is 6.32.